The Kier molecular flexibility index (Phi) is 5.77. The van der Waals surface area contributed by atoms with E-state index in [9.17, 15) is 0 Å². The molecule has 0 saturated heterocycles. The molecule has 0 heterocycles. The fourth-order valence-electron chi connectivity index (χ4n) is 2.13. The van der Waals surface area contributed by atoms with Crippen LogP contribution in [-0.2, 0) is 17.9 Å². The molecule has 0 spiro atoms. The molecule has 0 aromatic heterocycles. The summed E-state index contributed by atoms with van der Waals surface area (Å²) in [5.41, 5.74) is 3.77. The van der Waals surface area contributed by atoms with Gasteiger partial charge in [0.2, 0.25) is 0 Å². The summed E-state index contributed by atoms with van der Waals surface area (Å²) >= 11 is 3.60. The van der Waals surface area contributed by atoms with Gasteiger partial charge in [-0.1, -0.05) is 58.4 Å². The van der Waals surface area contributed by atoms with Crippen LogP contribution in [0.3, 0.4) is 0 Å². The third-order valence-electron chi connectivity index (χ3n) is 3.32. The smallest absolute Gasteiger partial charge is 0.0713 e. The van der Waals surface area contributed by atoms with E-state index < -0.39 is 0 Å². The Morgan fingerprint density at radius 3 is 2.35 bits per heavy atom. The van der Waals surface area contributed by atoms with Crippen LogP contribution in [0.25, 0.3) is 0 Å². The van der Waals surface area contributed by atoms with Gasteiger partial charge in [0, 0.05) is 24.2 Å². The number of hydrogen-bond acceptors (Lipinski definition) is 2. The molecule has 0 unspecified atom stereocenters. The number of nitrogens with one attached hydrogen (secondary N) is 1. The largest absolute Gasteiger partial charge is 0.380 e. The highest BCUT2D eigenvalue weighted by molar-refractivity contribution is 9.10. The standard InChI is InChI=1S/C17H20BrNO/c1-13(16-5-3-4-6-17(16)18)19-11-14-7-9-15(10-8-14)12-20-2/h3-10,13,19H,11-12H2,1-2H3/t13-/m0/s1. The van der Waals surface area contributed by atoms with E-state index in [0.29, 0.717) is 12.6 Å². The van der Waals surface area contributed by atoms with Gasteiger partial charge in [0.15, 0.2) is 0 Å². The first kappa shape index (κ1) is 15.2. The molecular formula is C17H20BrNO. The first-order valence-electron chi connectivity index (χ1n) is 6.75. The van der Waals surface area contributed by atoms with Gasteiger partial charge < -0.3 is 10.1 Å². The second kappa shape index (κ2) is 7.58. The van der Waals surface area contributed by atoms with Crippen LogP contribution in [0, 0.1) is 0 Å². The summed E-state index contributed by atoms with van der Waals surface area (Å²) in [6, 6.07) is 17.2. The van der Waals surface area contributed by atoms with Crippen molar-refractivity contribution in [3.8, 4) is 0 Å². The van der Waals surface area contributed by atoms with Crippen molar-refractivity contribution >= 4 is 15.9 Å². The number of benzene rings is 2. The normalized spacial score (nSPS) is 12.3. The van der Waals surface area contributed by atoms with E-state index in [-0.39, 0.29) is 0 Å². The molecular weight excluding hydrogens is 314 g/mol. The number of ether oxygens (including phenoxy) is 1. The predicted molar refractivity (Wildman–Crippen MR) is 86.6 cm³/mol. The average molecular weight is 334 g/mol. The van der Waals surface area contributed by atoms with Gasteiger partial charge in [0.1, 0.15) is 0 Å². The zero-order chi connectivity index (χ0) is 14.4. The first-order valence-corrected chi connectivity index (χ1v) is 7.54. The Hall–Kier alpha value is -1.16. The maximum Gasteiger partial charge on any atom is 0.0713 e. The summed E-state index contributed by atoms with van der Waals surface area (Å²) in [4.78, 5) is 0. The first-order chi connectivity index (χ1) is 9.70. The van der Waals surface area contributed by atoms with Gasteiger partial charge in [-0.3, -0.25) is 0 Å². The maximum atomic E-state index is 5.12. The minimum absolute atomic E-state index is 0.309. The fraction of sp³-hybridized carbons (Fsp3) is 0.294. The van der Waals surface area contributed by atoms with Crippen LogP contribution in [-0.4, -0.2) is 7.11 Å². The molecule has 2 nitrogen and oxygen atoms in total. The quantitative estimate of drug-likeness (QED) is 0.843. The van der Waals surface area contributed by atoms with E-state index in [2.05, 4.69) is 70.6 Å². The molecule has 2 aromatic carbocycles. The van der Waals surface area contributed by atoms with E-state index in [1.54, 1.807) is 7.11 Å². The van der Waals surface area contributed by atoms with Gasteiger partial charge in [-0.15, -0.1) is 0 Å². The average Bonchev–Trinajstić information content (AvgIpc) is 2.47. The van der Waals surface area contributed by atoms with Crippen molar-refractivity contribution in [2.75, 3.05) is 7.11 Å². The predicted octanol–water partition coefficient (Wildman–Crippen LogP) is 4.45. The van der Waals surface area contributed by atoms with E-state index in [1.165, 1.54) is 16.7 Å². The van der Waals surface area contributed by atoms with Crippen LogP contribution < -0.4 is 5.32 Å². The third-order valence-corrected chi connectivity index (χ3v) is 4.04. The molecule has 0 aliphatic rings. The van der Waals surface area contributed by atoms with Crippen molar-refractivity contribution in [1.82, 2.24) is 5.32 Å². The Balaban J connectivity index is 1.93. The highest BCUT2D eigenvalue weighted by Gasteiger charge is 2.07. The van der Waals surface area contributed by atoms with Gasteiger partial charge in [0.25, 0.3) is 0 Å². The van der Waals surface area contributed by atoms with E-state index in [1.807, 2.05) is 6.07 Å². The van der Waals surface area contributed by atoms with Crippen LogP contribution >= 0.6 is 15.9 Å². The van der Waals surface area contributed by atoms with E-state index in [4.69, 9.17) is 4.74 Å². The molecule has 0 amide bonds. The van der Waals surface area contributed by atoms with Crippen molar-refractivity contribution in [2.24, 2.45) is 0 Å². The SMILES string of the molecule is COCc1ccc(CN[C@@H](C)c2ccccc2Br)cc1. The zero-order valence-corrected chi connectivity index (χ0v) is 13.5. The second-order valence-electron chi connectivity index (χ2n) is 4.87. The topological polar surface area (TPSA) is 21.3 Å². The van der Waals surface area contributed by atoms with Crippen LogP contribution in [0.15, 0.2) is 53.0 Å². The zero-order valence-electron chi connectivity index (χ0n) is 11.9. The van der Waals surface area contributed by atoms with Crippen LogP contribution in [0.2, 0.25) is 0 Å². The lowest BCUT2D eigenvalue weighted by atomic mass is 10.1. The Morgan fingerprint density at radius 1 is 1.05 bits per heavy atom. The van der Waals surface area contributed by atoms with E-state index >= 15 is 0 Å². The minimum atomic E-state index is 0.309. The number of methoxy groups -OCH3 is 1. The maximum absolute atomic E-state index is 5.12. The van der Waals surface area contributed by atoms with Gasteiger partial charge in [-0.2, -0.15) is 0 Å². The molecule has 106 valence electrons. The molecule has 0 saturated carbocycles. The summed E-state index contributed by atoms with van der Waals surface area (Å²) in [5, 5.41) is 3.55. The molecule has 0 aliphatic carbocycles. The highest BCUT2D eigenvalue weighted by atomic mass is 79.9. The van der Waals surface area contributed by atoms with Crippen molar-refractivity contribution in [3.63, 3.8) is 0 Å². The molecule has 0 radical (unpaired) electrons. The molecule has 1 N–H and O–H groups in total. The van der Waals surface area contributed by atoms with Crippen LogP contribution in [0.5, 0.6) is 0 Å². The summed E-state index contributed by atoms with van der Waals surface area (Å²) in [6.45, 7) is 3.70. The Bertz CT molecular complexity index is 539. The van der Waals surface area contributed by atoms with Crippen LogP contribution in [0.1, 0.15) is 29.7 Å². The molecule has 20 heavy (non-hydrogen) atoms. The monoisotopic (exact) mass is 333 g/mol. The van der Waals surface area contributed by atoms with Crippen molar-refractivity contribution in [2.45, 2.75) is 26.1 Å². The summed E-state index contributed by atoms with van der Waals surface area (Å²) in [7, 11) is 1.72. The molecule has 2 rings (SSSR count). The van der Waals surface area contributed by atoms with Gasteiger partial charge in [-0.05, 0) is 29.7 Å². The Labute approximate surface area is 129 Å². The number of hydrogen-bond donors (Lipinski definition) is 1. The molecule has 2 aromatic rings. The third kappa shape index (κ3) is 4.17. The van der Waals surface area contributed by atoms with Gasteiger partial charge >= 0.3 is 0 Å². The molecule has 0 bridgehead atoms. The van der Waals surface area contributed by atoms with Crippen molar-refractivity contribution in [3.05, 3.63) is 69.7 Å². The second-order valence-corrected chi connectivity index (χ2v) is 5.73. The van der Waals surface area contributed by atoms with Crippen LogP contribution in [0.4, 0.5) is 0 Å². The number of rotatable bonds is 6. The fourth-order valence-corrected chi connectivity index (χ4v) is 2.76. The van der Waals surface area contributed by atoms with Gasteiger partial charge in [-0.25, -0.2) is 0 Å². The summed E-state index contributed by atoms with van der Waals surface area (Å²) in [6.07, 6.45) is 0. The molecule has 0 aliphatic heterocycles. The lowest BCUT2D eigenvalue weighted by Crippen LogP contribution is -2.18. The highest BCUT2D eigenvalue weighted by Crippen LogP contribution is 2.23. The lowest BCUT2D eigenvalue weighted by molar-refractivity contribution is 0.185. The summed E-state index contributed by atoms with van der Waals surface area (Å²) < 4.78 is 6.26. The molecule has 3 heteroatoms. The Morgan fingerprint density at radius 2 is 1.70 bits per heavy atom. The van der Waals surface area contributed by atoms with Crippen molar-refractivity contribution in [1.29, 1.82) is 0 Å². The van der Waals surface area contributed by atoms with Gasteiger partial charge in [0.05, 0.1) is 6.61 Å². The van der Waals surface area contributed by atoms with Crippen molar-refractivity contribution < 1.29 is 4.74 Å². The number of halogens is 1. The van der Waals surface area contributed by atoms with E-state index in [0.717, 1.165) is 11.0 Å². The summed E-state index contributed by atoms with van der Waals surface area (Å²) in [5.74, 6) is 0. The lowest BCUT2D eigenvalue weighted by Gasteiger charge is -2.16. The molecule has 1 atom stereocenters. The minimum Gasteiger partial charge on any atom is -0.380 e. The molecule has 0 fully saturated rings.